The SMILES string of the molecule is Cc1ccn(-c2ccc(N3CCN(Cc4cnoc4C)CC3)nn2)n1. The van der Waals surface area contributed by atoms with E-state index in [9.17, 15) is 0 Å². The highest BCUT2D eigenvalue weighted by Crippen LogP contribution is 2.16. The molecule has 0 aromatic carbocycles. The Labute approximate surface area is 146 Å². The lowest BCUT2D eigenvalue weighted by molar-refractivity contribution is 0.247. The molecular weight excluding hydrogens is 318 g/mol. The van der Waals surface area contributed by atoms with Crippen molar-refractivity contribution in [3.05, 3.63) is 47.6 Å². The minimum Gasteiger partial charge on any atom is -0.361 e. The van der Waals surface area contributed by atoms with Crippen LogP contribution in [0.15, 0.2) is 35.1 Å². The predicted octanol–water partition coefficient (Wildman–Crippen LogP) is 1.59. The van der Waals surface area contributed by atoms with Gasteiger partial charge in [-0.15, -0.1) is 10.2 Å². The second kappa shape index (κ2) is 6.64. The highest BCUT2D eigenvalue weighted by molar-refractivity contribution is 5.40. The summed E-state index contributed by atoms with van der Waals surface area (Å²) in [5.74, 6) is 2.55. The topological polar surface area (TPSA) is 76.1 Å². The number of hydrogen-bond donors (Lipinski definition) is 0. The van der Waals surface area contributed by atoms with E-state index in [1.54, 1.807) is 4.68 Å². The summed E-state index contributed by atoms with van der Waals surface area (Å²) < 4.78 is 6.87. The van der Waals surface area contributed by atoms with Crippen LogP contribution >= 0.6 is 0 Å². The van der Waals surface area contributed by atoms with Gasteiger partial charge in [0.25, 0.3) is 0 Å². The molecule has 0 amide bonds. The first-order valence-electron chi connectivity index (χ1n) is 8.43. The van der Waals surface area contributed by atoms with Crippen LogP contribution in [0.3, 0.4) is 0 Å². The molecule has 25 heavy (non-hydrogen) atoms. The van der Waals surface area contributed by atoms with Gasteiger partial charge >= 0.3 is 0 Å². The molecule has 1 fully saturated rings. The molecule has 0 N–H and O–H groups in total. The van der Waals surface area contributed by atoms with Crippen LogP contribution in [0.5, 0.6) is 0 Å². The van der Waals surface area contributed by atoms with Crippen LogP contribution in [0.1, 0.15) is 17.0 Å². The van der Waals surface area contributed by atoms with Crippen molar-refractivity contribution in [2.75, 3.05) is 31.1 Å². The lowest BCUT2D eigenvalue weighted by atomic mass is 10.2. The van der Waals surface area contributed by atoms with Gasteiger partial charge in [-0.3, -0.25) is 4.90 Å². The van der Waals surface area contributed by atoms with Crippen molar-refractivity contribution in [3.63, 3.8) is 0 Å². The summed E-state index contributed by atoms with van der Waals surface area (Å²) in [6.07, 6.45) is 3.70. The number of piperazine rings is 1. The summed E-state index contributed by atoms with van der Waals surface area (Å²) in [6.45, 7) is 8.61. The summed E-state index contributed by atoms with van der Waals surface area (Å²) in [4.78, 5) is 4.67. The molecule has 1 aliphatic rings. The number of anilines is 1. The number of rotatable bonds is 4. The first-order valence-corrected chi connectivity index (χ1v) is 8.43. The normalized spacial score (nSPS) is 15.7. The lowest BCUT2D eigenvalue weighted by Gasteiger charge is -2.34. The standard InChI is InChI=1S/C17H21N7O/c1-13-5-6-24(21-13)17-4-3-16(19-20-17)23-9-7-22(8-10-23)12-15-11-18-25-14(15)2/h3-6,11H,7-10,12H2,1-2H3. The Morgan fingerprint density at radius 1 is 1.00 bits per heavy atom. The van der Waals surface area contributed by atoms with Crippen LogP contribution in [0.2, 0.25) is 0 Å². The van der Waals surface area contributed by atoms with Crippen molar-refractivity contribution in [2.24, 2.45) is 0 Å². The Morgan fingerprint density at radius 3 is 2.36 bits per heavy atom. The highest BCUT2D eigenvalue weighted by Gasteiger charge is 2.19. The van der Waals surface area contributed by atoms with Crippen molar-refractivity contribution in [2.45, 2.75) is 20.4 Å². The van der Waals surface area contributed by atoms with E-state index in [-0.39, 0.29) is 0 Å². The van der Waals surface area contributed by atoms with E-state index >= 15 is 0 Å². The summed E-state index contributed by atoms with van der Waals surface area (Å²) in [6, 6.07) is 5.92. The summed E-state index contributed by atoms with van der Waals surface area (Å²) in [5.41, 5.74) is 2.12. The van der Waals surface area contributed by atoms with Crippen LogP contribution in [0.4, 0.5) is 5.82 Å². The molecule has 130 valence electrons. The van der Waals surface area contributed by atoms with Crippen LogP contribution in [0, 0.1) is 13.8 Å². The minimum absolute atomic E-state index is 0.735. The molecule has 0 bridgehead atoms. The van der Waals surface area contributed by atoms with E-state index in [4.69, 9.17) is 4.52 Å². The maximum Gasteiger partial charge on any atom is 0.175 e. The summed E-state index contributed by atoms with van der Waals surface area (Å²) >= 11 is 0. The molecule has 0 saturated carbocycles. The molecule has 8 heteroatoms. The molecule has 0 radical (unpaired) electrons. The van der Waals surface area contributed by atoms with Gasteiger partial charge in [0.15, 0.2) is 11.6 Å². The van der Waals surface area contributed by atoms with Crippen LogP contribution in [-0.2, 0) is 6.54 Å². The zero-order valence-electron chi connectivity index (χ0n) is 14.5. The minimum atomic E-state index is 0.735. The van der Waals surface area contributed by atoms with Gasteiger partial charge < -0.3 is 9.42 Å². The third-order valence-corrected chi connectivity index (χ3v) is 4.53. The van der Waals surface area contributed by atoms with Crippen molar-refractivity contribution < 1.29 is 4.52 Å². The average Bonchev–Trinajstić information content (AvgIpc) is 3.25. The summed E-state index contributed by atoms with van der Waals surface area (Å²) in [7, 11) is 0. The molecule has 1 saturated heterocycles. The Bertz CT molecular complexity index is 831. The first kappa shape index (κ1) is 15.8. The molecule has 3 aromatic heterocycles. The Kier molecular flexibility index (Phi) is 4.19. The number of aryl methyl sites for hydroxylation is 2. The van der Waals surface area contributed by atoms with Crippen molar-refractivity contribution in [1.82, 2.24) is 30.0 Å². The van der Waals surface area contributed by atoms with Crippen LogP contribution in [0.25, 0.3) is 5.82 Å². The van der Waals surface area contributed by atoms with E-state index < -0.39 is 0 Å². The molecule has 0 unspecified atom stereocenters. The molecule has 0 atom stereocenters. The van der Waals surface area contributed by atoms with E-state index in [1.807, 2.05) is 44.4 Å². The van der Waals surface area contributed by atoms with Crippen molar-refractivity contribution in [1.29, 1.82) is 0 Å². The molecule has 3 aromatic rings. The fraction of sp³-hybridized carbons (Fsp3) is 0.412. The van der Waals surface area contributed by atoms with Gasteiger partial charge in [-0.25, -0.2) is 4.68 Å². The fourth-order valence-electron chi connectivity index (χ4n) is 3.00. The van der Waals surface area contributed by atoms with Crippen molar-refractivity contribution >= 4 is 5.82 Å². The average molecular weight is 339 g/mol. The second-order valence-corrected chi connectivity index (χ2v) is 6.32. The quantitative estimate of drug-likeness (QED) is 0.714. The largest absolute Gasteiger partial charge is 0.361 e. The zero-order valence-corrected chi connectivity index (χ0v) is 14.5. The molecule has 0 aliphatic carbocycles. The molecule has 4 heterocycles. The molecule has 0 spiro atoms. The fourth-order valence-corrected chi connectivity index (χ4v) is 3.00. The Balaban J connectivity index is 1.37. The Morgan fingerprint density at radius 2 is 1.76 bits per heavy atom. The molecule has 4 rings (SSSR count). The zero-order chi connectivity index (χ0) is 17.2. The highest BCUT2D eigenvalue weighted by atomic mass is 16.5. The van der Waals surface area contributed by atoms with Gasteiger partial charge in [0, 0.05) is 44.5 Å². The number of aromatic nitrogens is 5. The first-order chi connectivity index (χ1) is 12.2. The van der Waals surface area contributed by atoms with E-state index in [0.29, 0.717) is 0 Å². The van der Waals surface area contributed by atoms with Crippen LogP contribution < -0.4 is 4.90 Å². The summed E-state index contributed by atoms with van der Waals surface area (Å²) in [5, 5.41) is 16.9. The van der Waals surface area contributed by atoms with Gasteiger partial charge in [-0.1, -0.05) is 5.16 Å². The number of nitrogens with zero attached hydrogens (tertiary/aromatic N) is 7. The Hall–Kier alpha value is -2.74. The van der Waals surface area contributed by atoms with Gasteiger partial charge in [-0.2, -0.15) is 5.10 Å². The van der Waals surface area contributed by atoms with Gasteiger partial charge in [0.1, 0.15) is 5.76 Å². The molecular formula is C17H21N7O. The van der Waals surface area contributed by atoms with Crippen LogP contribution in [-0.4, -0.2) is 56.2 Å². The van der Waals surface area contributed by atoms with Crippen molar-refractivity contribution in [3.8, 4) is 5.82 Å². The smallest absolute Gasteiger partial charge is 0.175 e. The predicted molar refractivity (Wildman–Crippen MR) is 92.6 cm³/mol. The lowest BCUT2D eigenvalue weighted by Crippen LogP contribution is -2.46. The van der Waals surface area contributed by atoms with E-state index in [2.05, 4.69) is 30.3 Å². The van der Waals surface area contributed by atoms with Gasteiger partial charge in [-0.05, 0) is 32.0 Å². The van der Waals surface area contributed by atoms with E-state index in [0.717, 1.165) is 61.4 Å². The maximum atomic E-state index is 5.13. The van der Waals surface area contributed by atoms with E-state index in [1.165, 1.54) is 0 Å². The molecule has 8 nitrogen and oxygen atoms in total. The van der Waals surface area contributed by atoms with Gasteiger partial charge in [0.05, 0.1) is 11.9 Å². The number of hydrogen-bond acceptors (Lipinski definition) is 7. The monoisotopic (exact) mass is 339 g/mol. The third-order valence-electron chi connectivity index (χ3n) is 4.53. The molecule has 1 aliphatic heterocycles. The second-order valence-electron chi connectivity index (χ2n) is 6.32. The maximum absolute atomic E-state index is 5.13. The third kappa shape index (κ3) is 3.39. The van der Waals surface area contributed by atoms with Gasteiger partial charge in [0.2, 0.25) is 0 Å².